The van der Waals surface area contributed by atoms with Crippen molar-refractivity contribution >= 4 is 11.8 Å². The van der Waals surface area contributed by atoms with E-state index in [1.54, 1.807) is 0 Å². The molecule has 1 atom stereocenters. The number of hydrogen-bond donors (Lipinski definition) is 0. The second-order valence-electron chi connectivity index (χ2n) is 8.74. The first-order valence-corrected chi connectivity index (χ1v) is 11.4. The van der Waals surface area contributed by atoms with Crippen LogP contribution in [0, 0.1) is 17.2 Å². The SMILES string of the molecule is N#Cc1ccc(CN2CCCN(C(=O)[C@@H]3CC(=O)N(CCc4ccccc4)C3)CC2)cc1. The second kappa shape index (κ2) is 10.4. The molecule has 0 saturated carbocycles. The van der Waals surface area contributed by atoms with Crippen LogP contribution in [0.2, 0.25) is 0 Å². The standard InChI is InChI=1S/C26H30N4O2/c27-18-22-7-9-23(10-8-22)19-28-12-4-13-29(16-15-28)26(32)24-17-25(31)30(20-24)14-11-21-5-2-1-3-6-21/h1-3,5-10,24H,4,11-17,19-20H2/t24-/m1/s1. The van der Waals surface area contributed by atoms with Crippen molar-refractivity contribution in [3.63, 3.8) is 0 Å². The number of hydrogen-bond acceptors (Lipinski definition) is 4. The van der Waals surface area contributed by atoms with Crippen LogP contribution < -0.4 is 0 Å². The minimum atomic E-state index is -0.219. The van der Waals surface area contributed by atoms with Gasteiger partial charge in [-0.2, -0.15) is 5.26 Å². The Morgan fingerprint density at radius 1 is 0.969 bits per heavy atom. The van der Waals surface area contributed by atoms with Gasteiger partial charge in [-0.25, -0.2) is 0 Å². The Bertz CT molecular complexity index is 968. The molecule has 2 amide bonds. The molecule has 0 aromatic heterocycles. The molecule has 6 nitrogen and oxygen atoms in total. The highest BCUT2D eigenvalue weighted by Crippen LogP contribution is 2.22. The number of carbonyl (C=O) groups excluding carboxylic acids is 2. The van der Waals surface area contributed by atoms with Crippen LogP contribution in [0.3, 0.4) is 0 Å². The Labute approximate surface area is 190 Å². The van der Waals surface area contributed by atoms with Crippen molar-refractivity contribution in [1.29, 1.82) is 5.26 Å². The van der Waals surface area contributed by atoms with Crippen molar-refractivity contribution in [2.45, 2.75) is 25.8 Å². The molecule has 0 aliphatic carbocycles. The molecule has 2 aromatic carbocycles. The van der Waals surface area contributed by atoms with E-state index in [4.69, 9.17) is 5.26 Å². The number of amides is 2. The van der Waals surface area contributed by atoms with Crippen LogP contribution in [0.25, 0.3) is 0 Å². The molecule has 2 aliphatic rings. The van der Waals surface area contributed by atoms with Crippen molar-refractivity contribution in [3.05, 3.63) is 71.3 Å². The average Bonchev–Trinajstić information content (AvgIpc) is 3.04. The first-order valence-electron chi connectivity index (χ1n) is 11.4. The fraction of sp³-hybridized carbons (Fsp3) is 0.423. The molecule has 32 heavy (non-hydrogen) atoms. The lowest BCUT2D eigenvalue weighted by Crippen LogP contribution is -2.40. The van der Waals surface area contributed by atoms with Gasteiger partial charge in [-0.15, -0.1) is 0 Å². The highest BCUT2D eigenvalue weighted by atomic mass is 16.2. The van der Waals surface area contributed by atoms with Crippen molar-refractivity contribution in [3.8, 4) is 6.07 Å². The number of likely N-dealkylation sites (tertiary alicyclic amines) is 1. The minimum Gasteiger partial charge on any atom is -0.342 e. The third kappa shape index (κ3) is 5.54. The van der Waals surface area contributed by atoms with Gasteiger partial charge in [-0.1, -0.05) is 42.5 Å². The summed E-state index contributed by atoms with van der Waals surface area (Å²) in [4.78, 5) is 31.8. The molecule has 0 bridgehead atoms. The summed E-state index contributed by atoms with van der Waals surface area (Å²) in [6.07, 6.45) is 2.08. The fourth-order valence-electron chi connectivity index (χ4n) is 4.61. The molecular weight excluding hydrogens is 400 g/mol. The molecule has 2 aromatic rings. The zero-order valence-electron chi connectivity index (χ0n) is 18.4. The van der Waals surface area contributed by atoms with Gasteiger partial charge in [0.1, 0.15) is 0 Å². The molecule has 0 N–H and O–H groups in total. The predicted molar refractivity (Wildman–Crippen MR) is 122 cm³/mol. The quantitative estimate of drug-likeness (QED) is 0.707. The first-order chi connectivity index (χ1) is 15.6. The van der Waals surface area contributed by atoms with Crippen LogP contribution in [0.15, 0.2) is 54.6 Å². The third-order valence-electron chi connectivity index (χ3n) is 6.47. The van der Waals surface area contributed by atoms with Gasteiger partial charge in [0.2, 0.25) is 11.8 Å². The normalized spacial score (nSPS) is 19.6. The lowest BCUT2D eigenvalue weighted by Gasteiger charge is -2.24. The lowest BCUT2D eigenvalue weighted by molar-refractivity contribution is -0.135. The predicted octanol–water partition coefficient (Wildman–Crippen LogP) is 2.68. The van der Waals surface area contributed by atoms with Gasteiger partial charge in [0.05, 0.1) is 17.6 Å². The van der Waals surface area contributed by atoms with E-state index in [9.17, 15) is 9.59 Å². The average molecular weight is 431 g/mol. The van der Waals surface area contributed by atoms with Gasteiger partial charge in [-0.05, 0) is 36.1 Å². The third-order valence-corrected chi connectivity index (χ3v) is 6.47. The van der Waals surface area contributed by atoms with E-state index in [-0.39, 0.29) is 17.7 Å². The van der Waals surface area contributed by atoms with Crippen LogP contribution in [-0.4, -0.2) is 65.8 Å². The lowest BCUT2D eigenvalue weighted by atomic mass is 10.1. The van der Waals surface area contributed by atoms with Gasteiger partial charge >= 0.3 is 0 Å². The minimum absolute atomic E-state index is 0.0940. The molecule has 2 saturated heterocycles. The van der Waals surface area contributed by atoms with Gasteiger partial charge in [0, 0.05) is 52.2 Å². The van der Waals surface area contributed by atoms with Crippen LogP contribution in [0.4, 0.5) is 0 Å². The van der Waals surface area contributed by atoms with Crippen molar-refractivity contribution in [2.75, 3.05) is 39.3 Å². The molecule has 2 aliphatic heterocycles. The summed E-state index contributed by atoms with van der Waals surface area (Å²) < 4.78 is 0. The maximum absolute atomic E-state index is 13.2. The molecule has 2 heterocycles. The van der Waals surface area contributed by atoms with Crippen LogP contribution in [-0.2, 0) is 22.6 Å². The number of rotatable bonds is 6. The van der Waals surface area contributed by atoms with Crippen molar-refractivity contribution in [1.82, 2.24) is 14.7 Å². The van der Waals surface area contributed by atoms with E-state index < -0.39 is 0 Å². The van der Waals surface area contributed by atoms with Gasteiger partial charge in [0.15, 0.2) is 0 Å². The molecule has 166 valence electrons. The summed E-state index contributed by atoms with van der Waals surface area (Å²) in [5.74, 6) is 0.000629. The highest BCUT2D eigenvalue weighted by Gasteiger charge is 2.36. The van der Waals surface area contributed by atoms with Crippen LogP contribution in [0.1, 0.15) is 29.5 Å². The number of carbonyl (C=O) groups is 2. The van der Waals surface area contributed by atoms with E-state index in [2.05, 4.69) is 23.1 Å². The van der Waals surface area contributed by atoms with Crippen LogP contribution in [0.5, 0.6) is 0 Å². The largest absolute Gasteiger partial charge is 0.342 e. The number of benzene rings is 2. The smallest absolute Gasteiger partial charge is 0.228 e. The molecule has 2 fully saturated rings. The van der Waals surface area contributed by atoms with Crippen LogP contribution >= 0.6 is 0 Å². The summed E-state index contributed by atoms with van der Waals surface area (Å²) >= 11 is 0. The summed E-state index contributed by atoms with van der Waals surface area (Å²) in [6.45, 7) is 5.24. The summed E-state index contributed by atoms with van der Waals surface area (Å²) in [6, 6.07) is 20.0. The molecule has 0 unspecified atom stereocenters. The second-order valence-corrected chi connectivity index (χ2v) is 8.74. The first kappa shape index (κ1) is 22.0. The monoisotopic (exact) mass is 430 g/mol. The van der Waals surface area contributed by atoms with Crippen molar-refractivity contribution in [2.24, 2.45) is 5.92 Å². The fourth-order valence-corrected chi connectivity index (χ4v) is 4.61. The van der Waals surface area contributed by atoms with Gasteiger partial charge in [-0.3, -0.25) is 14.5 Å². The Hall–Kier alpha value is -3.17. The topological polar surface area (TPSA) is 67.6 Å². The Balaban J connectivity index is 1.27. The van der Waals surface area contributed by atoms with Gasteiger partial charge in [0.25, 0.3) is 0 Å². The van der Waals surface area contributed by atoms with Crippen molar-refractivity contribution < 1.29 is 9.59 Å². The molecule has 0 spiro atoms. The molecule has 4 rings (SSSR count). The van der Waals surface area contributed by atoms with E-state index in [1.165, 1.54) is 11.1 Å². The van der Waals surface area contributed by atoms with E-state index in [0.717, 1.165) is 39.0 Å². The summed E-state index contributed by atoms with van der Waals surface area (Å²) in [5, 5.41) is 8.95. The maximum Gasteiger partial charge on any atom is 0.228 e. The van der Waals surface area contributed by atoms with E-state index in [1.807, 2.05) is 52.3 Å². The maximum atomic E-state index is 13.2. The summed E-state index contributed by atoms with van der Waals surface area (Å²) in [5.41, 5.74) is 3.06. The summed E-state index contributed by atoms with van der Waals surface area (Å²) in [7, 11) is 0. The van der Waals surface area contributed by atoms with Gasteiger partial charge < -0.3 is 9.80 Å². The highest BCUT2D eigenvalue weighted by molar-refractivity contribution is 5.89. The zero-order chi connectivity index (χ0) is 22.3. The Kier molecular flexibility index (Phi) is 7.18. The zero-order valence-corrected chi connectivity index (χ0v) is 18.4. The Morgan fingerprint density at radius 3 is 2.50 bits per heavy atom. The number of nitrogens with zero attached hydrogens (tertiary/aromatic N) is 4. The number of nitriles is 1. The Morgan fingerprint density at radius 2 is 1.75 bits per heavy atom. The molecule has 0 radical (unpaired) electrons. The van der Waals surface area contributed by atoms with E-state index in [0.29, 0.717) is 31.6 Å². The van der Waals surface area contributed by atoms with E-state index >= 15 is 0 Å². The molecule has 6 heteroatoms. The molecular formula is C26H30N4O2.